The van der Waals surface area contributed by atoms with Crippen LogP contribution in [0.4, 0.5) is 4.39 Å². The van der Waals surface area contributed by atoms with E-state index in [2.05, 4.69) is 21.2 Å². The van der Waals surface area contributed by atoms with Crippen molar-refractivity contribution in [3.8, 4) is 5.75 Å². The lowest BCUT2D eigenvalue weighted by Crippen LogP contribution is -2.35. The summed E-state index contributed by atoms with van der Waals surface area (Å²) in [5, 5.41) is 3.30. The van der Waals surface area contributed by atoms with Crippen molar-refractivity contribution in [2.24, 2.45) is 0 Å². The van der Waals surface area contributed by atoms with Crippen LogP contribution in [-0.2, 0) is 4.74 Å². The highest BCUT2D eigenvalue weighted by Gasteiger charge is 2.45. The zero-order chi connectivity index (χ0) is 13.0. The summed E-state index contributed by atoms with van der Waals surface area (Å²) in [5.41, 5.74) is -0.131. The van der Waals surface area contributed by atoms with Crippen LogP contribution in [0.5, 0.6) is 5.75 Å². The Morgan fingerprint density at radius 2 is 2.22 bits per heavy atom. The number of rotatable bonds is 7. The second-order valence-electron chi connectivity index (χ2n) is 4.53. The molecule has 0 bridgehead atoms. The number of nitrogens with one attached hydrogen (secondary N) is 1. The Morgan fingerprint density at radius 3 is 2.83 bits per heavy atom. The molecule has 1 N–H and O–H groups in total. The minimum absolute atomic E-state index is 0.131. The zero-order valence-corrected chi connectivity index (χ0v) is 11.9. The van der Waals surface area contributed by atoms with Crippen molar-refractivity contribution >= 4 is 15.9 Å². The molecule has 0 spiro atoms. The highest BCUT2D eigenvalue weighted by Crippen LogP contribution is 2.41. The highest BCUT2D eigenvalue weighted by atomic mass is 79.9. The summed E-state index contributed by atoms with van der Waals surface area (Å²) in [4.78, 5) is 0. The number of ether oxygens (including phenoxy) is 2. The lowest BCUT2D eigenvalue weighted by atomic mass is 10.3. The van der Waals surface area contributed by atoms with Crippen molar-refractivity contribution in [3.63, 3.8) is 0 Å². The van der Waals surface area contributed by atoms with E-state index in [1.165, 1.54) is 12.1 Å². The van der Waals surface area contributed by atoms with Crippen LogP contribution in [0.25, 0.3) is 0 Å². The van der Waals surface area contributed by atoms with Crippen LogP contribution in [0.3, 0.4) is 0 Å². The highest BCUT2D eigenvalue weighted by molar-refractivity contribution is 9.10. The Balaban J connectivity index is 1.88. The summed E-state index contributed by atoms with van der Waals surface area (Å²) in [6.07, 6.45) is 2.05. The molecule has 0 heterocycles. The summed E-state index contributed by atoms with van der Waals surface area (Å²) in [5.74, 6) is 0.430. The lowest BCUT2D eigenvalue weighted by Gasteiger charge is -2.19. The lowest BCUT2D eigenvalue weighted by molar-refractivity contribution is 0.161. The standard InChI is InChI=1S/C13H17BrFNO2/c1-17-7-6-16-9-13(4-5-13)18-12-3-2-10(15)8-11(12)14/h2-3,8,16H,4-7,9H2,1H3. The molecule has 1 saturated carbocycles. The van der Waals surface area contributed by atoms with E-state index < -0.39 is 0 Å². The fourth-order valence-corrected chi connectivity index (χ4v) is 2.17. The molecule has 0 amide bonds. The van der Waals surface area contributed by atoms with E-state index in [0.717, 1.165) is 25.9 Å². The molecule has 1 aromatic carbocycles. The number of hydrogen-bond donors (Lipinski definition) is 1. The quantitative estimate of drug-likeness (QED) is 0.784. The van der Waals surface area contributed by atoms with Crippen LogP contribution in [-0.4, -0.2) is 32.4 Å². The Kier molecular flexibility index (Phi) is 4.59. The molecule has 0 aliphatic heterocycles. The van der Waals surface area contributed by atoms with Crippen LogP contribution in [0.15, 0.2) is 22.7 Å². The van der Waals surface area contributed by atoms with Crippen molar-refractivity contribution in [2.45, 2.75) is 18.4 Å². The van der Waals surface area contributed by atoms with Gasteiger partial charge in [0.25, 0.3) is 0 Å². The Labute approximate surface area is 115 Å². The largest absolute Gasteiger partial charge is 0.485 e. The molecule has 1 aromatic rings. The predicted octanol–water partition coefficient (Wildman–Crippen LogP) is 2.74. The Morgan fingerprint density at radius 1 is 1.44 bits per heavy atom. The molecule has 1 aliphatic rings. The maximum Gasteiger partial charge on any atom is 0.134 e. The van der Waals surface area contributed by atoms with Crippen LogP contribution in [0.1, 0.15) is 12.8 Å². The predicted molar refractivity (Wildman–Crippen MR) is 71.4 cm³/mol. The first-order valence-electron chi connectivity index (χ1n) is 5.99. The second kappa shape index (κ2) is 5.99. The smallest absolute Gasteiger partial charge is 0.134 e. The monoisotopic (exact) mass is 317 g/mol. The van der Waals surface area contributed by atoms with E-state index in [1.807, 2.05) is 0 Å². The van der Waals surface area contributed by atoms with Gasteiger partial charge in [-0.2, -0.15) is 0 Å². The van der Waals surface area contributed by atoms with Gasteiger partial charge in [-0.3, -0.25) is 0 Å². The topological polar surface area (TPSA) is 30.5 Å². The molecule has 2 rings (SSSR count). The van der Waals surface area contributed by atoms with Crippen molar-refractivity contribution in [1.29, 1.82) is 0 Å². The van der Waals surface area contributed by atoms with Crippen LogP contribution < -0.4 is 10.1 Å². The first-order valence-corrected chi connectivity index (χ1v) is 6.78. The van der Waals surface area contributed by atoms with Crippen molar-refractivity contribution in [2.75, 3.05) is 26.8 Å². The molecule has 0 aromatic heterocycles. The average molecular weight is 318 g/mol. The van der Waals surface area contributed by atoms with Gasteiger partial charge < -0.3 is 14.8 Å². The summed E-state index contributed by atoms with van der Waals surface area (Å²) in [7, 11) is 1.68. The molecule has 3 nitrogen and oxygen atoms in total. The number of benzene rings is 1. The molecular formula is C13H17BrFNO2. The number of halogens is 2. The van der Waals surface area contributed by atoms with E-state index >= 15 is 0 Å². The summed E-state index contributed by atoms with van der Waals surface area (Å²) >= 11 is 3.32. The average Bonchev–Trinajstić information content (AvgIpc) is 3.09. The number of hydrogen-bond acceptors (Lipinski definition) is 3. The molecule has 0 unspecified atom stereocenters. The molecule has 0 radical (unpaired) electrons. The van der Waals surface area contributed by atoms with Gasteiger partial charge in [0.1, 0.15) is 17.2 Å². The third-order valence-electron chi connectivity index (χ3n) is 2.96. The second-order valence-corrected chi connectivity index (χ2v) is 5.38. The fraction of sp³-hybridized carbons (Fsp3) is 0.538. The normalized spacial score (nSPS) is 16.6. The van der Waals surface area contributed by atoms with E-state index in [0.29, 0.717) is 16.8 Å². The van der Waals surface area contributed by atoms with Crippen molar-refractivity contribution in [3.05, 3.63) is 28.5 Å². The van der Waals surface area contributed by atoms with E-state index in [4.69, 9.17) is 9.47 Å². The molecule has 100 valence electrons. The molecular weight excluding hydrogens is 301 g/mol. The molecule has 1 fully saturated rings. The zero-order valence-electron chi connectivity index (χ0n) is 10.3. The van der Waals surface area contributed by atoms with Gasteiger partial charge in [0, 0.05) is 20.2 Å². The summed E-state index contributed by atoms with van der Waals surface area (Å²) in [6.45, 7) is 2.29. The van der Waals surface area contributed by atoms with Crippen LogP contribution in [0, 0.1) is 5.82 Å². The first-order chi connectivity index (χ1) is 8.65. The maximum absolute atomic E-state index is 13.0. The fourth-order valence-electron chi connectivity index (χ4n) is 1.74. The van der Waals surface area contributed by atoms with Gasteiger partial charge >= 0.3 is 0 Å². The maximum atomic E-state index is 13.0. The molecule has 5 heteroatoms. The van der Waals surface area contributed by atoms with Crippen LogP contribution >= 0.6 is 15.9 Å². The summed E-state index contributed by atoms with van der Waals surface area (Å²) in [6, 6.07) is 4.49. The minimum atomic E-state index is -0.266. The van der Waals surface area contributed by atoms with E-state index in [-0.39, 0.29) is 11.4 Å². The van der Waals surface area contributed by atoms with Gasteiger partial charge in [0.15, 0.2) is 0 Å². The van der Waals surface area contributed by atoms with Gasteiger partial charge in [-0.25, -0.2) is 4.39 Å². The first kappa shape index (κ1) is 13.8. The Bertz CT molecular complexity index is 410. The van der Waals surface area contributed by atoms with Gasteiger partial charge in [-0.1, -0.05) is 0 Å². The van der Waals surface area contributed by atoms with Crippen molar-refractivity contribution < 1.29 is 13.9 Å². The third kappa shape index (κ3) is 3.67. The number of methoxy groups -OCH3 is 1. The SMILES string of the molecule is COCCNCC1(Oc2ccc(F)cc2Br)CC1. The van der Waals surface area contributed by atoms with Gasteiger partial charge in [-0.15, -0.1) is 0 Å². The van der Waals surface area contributed by atoms with E-state index in [9.17, 15) is 4.39 Å². The molecule has 0 saturated heterocycles. The third-order valence-corrected chi connectivity index (χ3v) is 3.58. The minimum Gasteiger partial charge on any atom is -0.485 e. The Hall–Kier alpha value is -0.650. The molecule has 1 aliphatic carbocycles. The van der Waals surface area contributed by atoms with Crippen LogP contribution in [0.2, 0.25) is 0 Å². The van der Waals surface area contributed by atoms with Gasteiger partial charge in [0.2, 0.25) is 0 Å². The van der Waals surface area contributed by atoms with E-state index in [1.54, 1.807) is 13.2 Å². The molecule has 0 atom stereocenters. The van der Waals surface area contributed by atoms with Gasteiger partial charge in [-0.05, 0) is 47.0 Å². The summed E-state index contributed by atoms with van der Waals surface area (Å²) < 4.78 is 24.6. The molecule has 18 heavy (non-hydrogen) atoms. The van der Waals surface area contributed by atoms with Gasteiger partial charge in [0.05, 0.1) is 11.1 Å². The van der Waals surface area contributed by atoms with Crippen molar-refractivity contribution in [1.82, 2.24) is 5.32 Å².